The highest BCUT2D eigenvalue weighted by atomic mass is 32.2. The van der Waals surface area contributed by atoms with E-state index in [1.165, 1.54) is 24.3 Å². The lowest BCUT2D eigenvalue weighted by atomic mass is 10.2. The number of carbonyl (C=O) groups excluding carboxylic acids is 1. The van der Waals surface area contributed by atoms with E-state index >= 15 is 0 Å². The first-order chi connectivity index (χ1) is 12.4. The standard InChI is InChI=1S/C18H19FN2O4S/c19-14-6-8-16(9-7-14)26(24,25)21-10-2-5-17(21)18(23)20-12-13-3-1-4-15(22)11-13/h1,3-4,6-9,11,17,22H,2,5,10,12H2,(H,20,23)/t17-/m0/s1. The van der Waals surface area contributed by atoms with Crippen LogP contribution in [-0.2, 0) is 21.4 Å². The van der Waals surface area contributed by atoms with Gasteiger partial charge < -0.3 is 10.4 Å². The minimum atomic E-state index is -3.87. The Morgan fingerprint density at radius 1 is 1.23 bits per heavy atom. The van der Waals surface area contributed by atoms with E-state index in [1.54, 1.807) is 12.1 Å². The van der Waals surface area contributed by atoms with Crippen LogP contribution in [0, 0.1) is 5.82 Å². The zero-order valence-electron chi connectivity index (χ0n) is 13.9. The van der Waals surface area contributed by atoms with E-state index in [4.69, 9.17) is 0 Å². The first kappa shape index (κ1) is 18.3. The van der Waals surface area contributed by atoms with Gasteiger partial charge >= 0.3 is 0 Å². The SMILES string of the molecule is O=C(NCc1cccc(O)c1)[C@@H]1CCCN1S(=O)(=O)c1ccc(F)cc1. The Morgan fingerprint density at radius 2 is 1.96 bits per heavy atom. The molecule has 138 valence electrons. The lowest BCUT2D eigenvalue weighted by molar-refractivity contribution is -0.124. The Morgan fingerprint density at radius 3 is 2.65 bits per heavy atom. The van der Waals surface area contributed by atoms with Crippen molar-refractivity contribution in [1.29, 1.82) is 0 Å². The molecule has 0 aliphatic carbocycles. The number of benzene rings is 2. The first-order valence-electron chi connectivity index (χ1n) is 8.21. The summed E-state index contributed by atoms with van der Waals surface area (Å²) in [5, 5.41) is 12.2. The van der Waals surface area contributed by atoms with Crippen LogP contribution in [0.5, 0.6) is 5.75 Å². The van der Waals surface area contributed by atoms with E-state index in [0.29, 0.717) is 18.4 Å². The largest absolute Gasteiger partial charge is 0.508 e. The zero-order chi connectivity index (χ0) is 18.7. The molecule has 6 nitrogen and oxygen atoms in total. The molecule has 8 heteroatoms. The molecule has 3 rings (SSSR count). The number of sulfonamides is 1. The number of amides is 1. The van der Waals surface area contributed by atoms with E-state index in [-0.39, 0.29) is 23.7 Å². The van der Waals surface area contributed by atoms with Crippen LogP contribution >= 0.6 is 0 Å². The van der Waals surface area contributed by atoms with E-state index in [9.17, 15) is 22.7 Å². The Balaban J connectivity index is 1.72. The van der Waals surface area contributed by atoms with Gasteiger partial charge in [-0.25, -0.2) is 12.8 Å². The summed E-state index contributed by atoms with van der Waals surface area (Å²) in [5.41, 5.74) is 0.712. The molecule has 1 saturated heterocycles. The van der Waals surface area contributed by atoms with Crippen molar-refractivity contribution in [3.63, 3.8) is 0 Å². The molecule has 1 heterocycles. The van der Waals surface area contributed by atoms with Crippen LogP contribution in [0.25, 0.3) is 0 Å². The van der Waals surface area contributed by atoms with E-state index in [1.807, 2.05) is 0 Å². The van der Waals surface area contributed by atoms with Crippen LogP contribution in [0.1, 0.15) is 18.4 Å². The Hall–Kier alpha value is -2.45. The maximum atomic E-state index is 13.1. The summed E-state index contributed by atoms with van der Waals surface area (Å²) in [5.74, 6) is -0.819. The van der Waals surface area contributed by atoms with Crippen LogP contribution in [-0.4, -0.2) is 36.3 Å². The molecule has 0 spiro atoms. The molecule has 26 heavy (non-hydrogen) atoms. The second-order valence-corrected chi connectivity index (χ2v) is 8.01. The van der Waals surface area contributed by atoms with Gasteiger partial charge in [-0.05, 0) is 54.8 Å². The van der Waals surface area contributed by atoms with Gasteiger partial charge in [0, 0.05) is 13.1 Å². The number of nitrogens with zero attached hydrogens (tertiary/aromatic N) is 1. The molecule has 1 amide bonds. The molecule has 2 aromatic carbocycles. The molecule has 0 bridgehead atoms. The van der Waals surface area contributed by atoms with Gasteiger partial charge in [0.05, 0.1) is 4.90 Å². The van der Waals surface area contributed by atoms with Gasteiger partial charge in [-0.1, -0.05) is 12.1 Å². The molecule has 1 aliphatic rings. The highest BCUT2D eigenvalue weighted by Gasteiger charge is 2.39. The first-order valence-corrected chi connectivity index (χ1v) is 9.65. The topological polar surface area (TPSA) is 86.7 Å². The minimum Gasteiger partial charge on any atom is -0.508 e. The molecule has 2 aromatic rings. The highest BCUT2D eigenvalue weighted by Crippen LogP contribution is 2.26. The number of aromatic hydroxyl groups is 1. The molecule has 0 aromatic heterocycles. The van der Waals surface area contributed by atoms with Gasteiger partial charge in [-0.3, -0.25) is 4.79 Å². The second kappa shape index (κ2) is 7.43. The Labute approximate surface area is 151 Å². The second-order valence-electron chi connectivity index (χ2n) is 6.12. The monoisotopic (exact) mass is 378 g/mol. The van der Waals surface area contributed by atoms with Crippen LogP contribution in [0.4, 0.5) is 4.39 Å². The fourth-order valence-electron chi connectivity index (χ4n) is 3.01. The third-order valence-corrected chi connectivity index (χ3v) is 6.23. The number of rotatable bonds is 5. The van der Waals surface area contributed by atoms with Gasteiger partial charge in [-0.2, -0.15) is 4.31 Å². The molecule has 2 N–H and O–H groups in total. The van der Waals surface area contributed by atoms with E-state index < -0.39 is 27.8 Å². The average Bonchev–Trinajstić information content (AvgIpc) is 3.11. The van der Waals surface area contributed by atoms with Crippen molar-refractivity contribution >= 4 is 15.9 Å². The van der Waals surface area contributed by atoms with Gasteiger partial charge in [0.15, 0.2) is 0 Å². The van der Waals surface area contributed by atoms with Crippen molar-refractivity contribution in [3.8, 4) is 5.75 Å². The zero-order valence-corrected chi connectivity index (χ0v) is 14.7. The lowest BCUT2D eigenvalue weighted by Crippen LogP contribution is -2.45. The highest BCUT2D eigenvalue weighted by molar-refractivity contribution is 7.89. The summed E-state index contributed by atoms with van der Waals surface area (Å²) < 4.78 is 39.8. The third-order valence-electron chi connectivity index (χ3n) is 4.30. The van der Waals surface area contributed by atoms with Gasteiger partial charge in [0.2, 0.25) is 15.9 Å². The normalized spacial score (nSPS) is 18.0. The molecule has 1 fully saturated rings. The molecule has 1 aliphatic heterocycles. The quantitative estimate of drug-likeness (QED) is 0.833. The summed E-state index contributed by atoms with van der Waals surface area (Å²) in [6.07, 6.45) is 0.997. The summed E-state index contributed by atoms with van der Waals surface area (Å²) in [6.45, 7) is 0.429. The molecule has 1 atom stereocenters. The number of carbonyl (C=O) groups is 1. The van der Waals surface area contributed by atoms with Crippen molar-refractivity contribution in [1.82, 2.24) is 9.62 Å². The molecule has 0 radical (unpaired) electrons. The Kier molecular flexibility index (Phi) is 5.24. The van der Waals surface area contributed by atoms with E-state index in [0.717, 1.165) is 16.4 Å². The fourth-order valence-corrected chi connectivity index (χ4v) is 4.66. The predicted molar refractivity (Wildman–Crippen MR) is 93.3 cm³/mol. The number of halogens is 1. The van der Waals surface area contributed by atoms with Gasteiger partial charge in [-0.15, -0.1) is 0 Å². The van der Waals surface area contributed by atoms with Gasteiger partial charge in [0.1, 0.15) is 17.6 Å². The lowest BCUT2D eigenvalue weighted by Gasteiger charge is -2.23. The number of phenols is 1. The smallest absolute Gasteiger partial charge is 0.243 e. The van der Waals surface area contributed by atoms with Crippen molar-refractivity contribution in [3.05, 3.63) is 59.9 Å². The van der Waals surface area contributed by atoms with Crippen LogP contribution < -0.4 is 5.32 Å². The third kappa shape index (κ3) is 3.86. The predicted octanol–water partition coefficient (Wildman–Crippen LogP) is 2.00. The Bertz CT molecular complexity index is 900. The number of hydrogen-bond donors (Lipinski definition) is 2. The number of nitrogens with one attached hydrogen (secondary N) is 1. The molecular formula is C18H19FN2O4S. The summed E-state index contributed by atoms with van der Waals surface area (Å²) in [6, 6.07) is 10.2. The maximum Gasteiger partial charge on any atom is 0.243 e. The van der Waals surface area contributed by atoms with Crippen molar-refractivity contribution < 1.29 is 22.7 Å². The van der Waals surface area contributed by atoms with Crippen LogP contribution in [0.15, 0.2) is 53.4 Å². The number of phenolic OH excluding ortho intramolecular Hbond substituents is 1. The van der Waals surface area contributed by atoms with Crippen LogP contribution in [0.2, 0.25) is 0 Å². The summed E-state index contributed by atoms with van der Waals surface area (Å²) >= 11 is 0. The van der Waals surface area contributed by atoms with Crippen molar-refractivity contribution in [2.24, 2.45) is 0 Å². The number of hydrogen-bond acceptors (Lipinski definition) is 4. The van der Waals surface area contributed by atoms with Crippen molar-refractivity contribution in [2.45, 2.75) is 30.3 Å². The molecule has 0 saturated carbocycles. The molecular weight excluding hydrogens is 359 g/mol. The maximum absolute atomic E-state index is 13.1. The summed E-state index contributed by atoms with van der Waals surface area (Å²) in [7, 11) is -3.87. The average molecular weight is 378 g/mol. The van der Waals surface area contributed by atoms with Crippen molar-refractivity contribution in [2.75, 3.05) is 6.54 Å². The minimum absolute atomic E-state index is 0.0356. The van der Waals surface area contributed by atoms with E-state index in [2.05, 4.69) is 5.32 Å². The molecule has 0 unspecified atom stereocenters. The fraction of sp³-hybridized carbons (Fsp3) is 0.278. The van der Waals surface area contributed by atoms with Gasteiger partial charge in [0.25, 0.3) is 0 Å². The summed E-state index contributed by atoms with van der Waals surface area (Å²) in [4.78, 5) is 12.5. The van der Waals surface area contributed by atoms with Crippen LogP contribution in [0.3, 0.4) is 0 Å².